The molecule has 1 aromatic carbocycles. The van der Waals surface area contributed by atoms with E-state index in [1.807, 2.05) is 0 Å². The van der Waals surface area contributed by atoms with E-state index in [0.717, 1.165) is 0 Å². The van der Waals surface area contributed by atoms with Crippen LogP contribution in [0.5, 0.6) is 0 Å². The summed E-state index contributed by atoms with van der Waals surface area (Å²) in [4.78, 5) is 11.1. The lowest BCUT2D eigenvalue weighted by molar-refractivity contribution is 0.101. The number of benzene rings is 1. The Morgan fingerprint density at radius 1 is 1.54 bits per heavy atom. The third-order valence-corrected chi connectivity index (χ3v) is 2.08. The SMILES string of the molecule is Nc1ccc(Cl)c(C(=O)CCl)c1F. The largest absolute Gasteiger partial charge is 0.396 e. The van der Waals surface area contributed by atoms with Crippen LogP contribution in [0.3, 0.4) is 0 Å². The number of carbonyl (C=O) groups is 1. The Labute approximate surface area is 84.4 Å². The van der Waals surface area contributed by atoms with E-state index >= 15 is 0 Å². The summed E-state index contributed by atoms with van der Waals surface area (Å²) >= 11 is 10.9. The van der Waals surface area contributed by atoms with Crippen LogP contribution in [-0.4, -0.2) is 11.7 Å². The first-order valence-electron chi connectivity index (χ1n) is 3.40. The fraction of sp³-hybridized carbons (Fsp3) is 0.125. The highest BCUT2D eigenvalue weighted by molar-refractivity contribution is 6.37. The van der Waals surface area contributed by atoms with E-state index in [2.05, 4.69) is 0 Å². The first-order chi connectivity index (χ1) is 6.07. The molecule has 0 atom stereocenters. The molecular formula is C8H6Cl2FNO. The van der Waals surface area contributed by atoms with Gasteiger partial charge in [-0.15, -0.1) is 11.6 Å². The molecule has 0 spiro atoms. The van der Waals surface area contributed by atoms with Crippen molar-refractivity contribution < 1.29 is 9.18 Å². The fourth-order valence-corrected chi connectivity index (χ4v) is 1.28. The molecule has 0 aliphatic rings. The molecule has 1 aromatic rings. The van der Waals surface area contributed by atoms with E-state index < -0.39 is 11.6 Å². The Bertz CT molecular complexity index is 354. The van der Waals surface area contributed by atoms with E-state index in [4.69, 9.17) is 28.9 Å². The zero-order valence-electron chi connectivity index (χ0n) is 6.48. The Hall–Kier alpha value is -0.800. The number of anilines is 1. The molecule has 0 fully saturated rings. The van der Waals surface area contributed by atoms with E-state index in [9.17, 15) is 9.18 Å². The number of Topliss-reactive ketones (excluding diaryl/α,β-unsaturated/α-hetero) is 1. The van der Waals surface area contributed by atoms with E-state index in [1.165, 1.54) is 12.1 Å². The number of halogens is 3. The molecule has 0 saturated heterocycles. The van der Waals surface area contributed by atoms with Crippen molar-refractivity contribution in [1.29, 1.82) is 0 Å². The summed E-state index contributed by atoms with van der Waals surface area (Å²) in [5.41, 5.74) is 4.90. The normalized spacial score (nSPS) is 10.1. The number of ketones is 1. The van der Waals surface area contributed by atoms with Crippen molar-refractivity contribution >= 4 is 34.7 Å². The summed E-state index contributed by atoms with van der Waals surface area (Å²) in [5, 5.41) is 0.0253. The van der Waals surface area contributed by atoms with Gasteiger partial charge in [0.25, 0.3) is 0 Å². The van der Waals surface area contributed by atoms with Crippen LogP contribution in [-0.2, 0) is 0 Å². The molecule has 0 amide bonds. The predicted molar refractivity (Wildman–Crippen MR) is 50.9 cm³/mol. The van der Waals surface area contributed by atoms with Gasteiger partial charge in [0.1, 0.15) is 0 Å². The van der Waals surface area contributed by atoms with Crippen molar-refractivity contribution in [2.45, 2.75) is 0 Å². The number of carbonyl (C=O) groups excluding carboxylic acids is 1. The Kier molecular flexibility index (Phi) is 3.12. The highest BCUT2D eigenvalue weighted by atomic mass is 35.5. The zero-order valence-corrected chi connectivity index (χ0v) is 7.99. The quantitative estimate of drug-likeness (QED) is 0.474. The molecule has 0 bridgehead atoms. The van der Waals surface area contributed by atoms with Gasteiger partial charge in [-0.05, 0) is 12.1 Å². The highest BCUT2D eigenvalue weighted by Gasteiger charge is 2.16. The third kappa shape index (κ3) is 1.92. The Morgan fingerprint density at radius 2 is 2.15 bits per heavy atom. The molecule has 13 heavy (non-hydrogen) atoms. The average molecular weight is 222 g/mol. The van der Waals surface area contributed by atoms with Gasteiger partial charge in [0.05, 0.1) is 22.2 Å². The van der Waals surface area contributed by atoms with Gasteiger partial charge in [0.2, 0.25) is 0 Å². The van der Waals surface area contributed by atoms with Crippen molar-refractivity contribution in [1.82, 2.24) is 0 Å². The molecule has 0 aliphatic heterocycles. The lowest BCUT2D eigenvalue weighted by atomic mass is 10.1. The van der Waals surface area contributed by atoms with Crippen molar-refractivity contribution in [3.63, 3.8) is 0 Å². The minimum absolute atomic E-state index is 0.0253. The molecule has 2 N–H and O–H groups in total. The molecule has 2 nitrogen and oxygen atoms in total. The van der Waals surface area contributed by atoms with Crippen LogP contribution in [0.2, 0.25) is 5.02 Å². The maximum absolute atomic E-state index is 13.2. The molecule has 5 heteroatoms. The van der Waals surface area contributed by atoms with Gasteiger partial charge < -0.3 is 5.73 Å². The number of alkyl halides is 1. The van der Waals surface area contributed by atoms with Gasteiger partial charge in [-0.1, -0.05) is 11.6 Å². The summed E-state index contributed by atoms with van der Waals surface area (Å²) in [6, 6.07) is 2.66. The second-order valence-electron chi connectivity index (χ2n) is 2.38. The third-order valence-electron chi connectivity index (χ3n) is 1.52. The van der Waals surface area contributed by atoms with Crippen LogP contribution in [0, 0.1) is 5.82 Å². The van der Waals surface area contributed by atoms with Crippen molar-refractivity contribution in [2.75, 3.05) is 11.6 Å². The molecule has 0 saturated carbocycles. The number of nitrogen functional groups attached to an aromatic ring is 1. The standard InChI is InChI=1S/C8H6Cl2FNO/c9-3-6(13)7-4(10)1-2-5(12)8(7)11/h1-2H,3,12H2. The highest BCUT2D eigenvalue weighted by Crippen LogP contribution is 2.24. The second-order valence-corrected chi connectivity index (χ2v) is 3.06. The molecule has 0 heterocycles. The fourth-order valence-electron chi connectivity index (χ4n) is 0.891. The molecule has 0 aromatic heterocycles. The van der Waals surface area contributed by atoms with Crippen LogP contribution < -0.4 is 5.73 Å². The Balaban J connectivity index is 3.33. The summed E-state index contributed by atoms with van der Waals surface area (Å²) in [6.45, 7) is 0. The maximum atomic E-state index is 13.2. The molecular weight excluding hydrogens is 216 g/mol. The molecule has 0 aliphatic carbocycles. The first kappa shape index (κ1) is 10.3. The number of rotatable bonds is 2. The van der Waals surface area contributed by atoms with Crippen molar-refractivity contribution in [2.24, 2.45) is 0 Å². The van der Waals surface area contributed by atoms with E-state index in [1.54, 1.807) is 0 Å². The maximum Gasteiger partial charge on any atom is 0.182 e. The Morgan fingerprint density at radius 3 is 2.69 bits per heavy atom. The monoisotopic (exact) mass is 221 g/mol. The van der Waals surface area contributed by atoms with Crippen LogP contribution in [0.4, 0.5) is 10.1 Å². The van der Waals surface area contributed by atoms with Gasteiger partial charge in [-0.25, -0.2) is 4.39 Å². The summed E-state index contributed by atoms with van der Waals surface area (Å²) in [7, 11) is 0. The van der Waals surface area contributed by atoms with Gasteiger partial charge in [-0.3, -0.25) is 4.79 Å². The lowest BCUT2D eigenvalue weighted by Gasteiger charge is -2.04. The summed E-state index contributed by atoms with van der Waals surface area (Å²) in [6.07, 6.45) is 0. The molecule has 0 radical (unpaired) electrons. The smallest absolute Gasteiger partial charge is 0.182 e. The van der Waals surface area contributed by atoms with Gasteiger partial charge in [0.15, 0.2) is 11.6 Å². The predicted octanol–water partition coefficient (Wildman–Crippen LogP) is 2.48. The molecule has 1 rings (SSSR count). The number of hydrogen-bond acceptors (Lipinski definition) is 2. The van der Waals surface area contributed by atoms with Crippen LogP contribution in [0.1, 0.15) is 10.4 Å². The first-order valence-corrected chi connectivity index (χ1v) is 4.31. The summed E-state index contributed by atoms with van der Waals surface area (Å²) < 4.78 is 13.2. The van der Waals surface area contributed by atoms with Gasteiger partial charge in [-0.2, -0.15) is 0 Å². The van der Waals surface area contributed by atoms with Crippen molar-refractivity contribution in [3.05, 3.63) is 28.5 Å². The average Bonchev–Trinajstić information content (AvgIpc) is 2.12. The number of hydrogen-bond donors (Lipinski definition) is 1. The lowest BCUT2D eigenvalue weighted by Crippen LogP contribution is -2.07. The molecule has 0 unspecified atom stereocenters. The summed E-state index contributed by atoms with van der Waals surface area (Å²) in [5.74, 6) is -1.70. The van der Waals surface area contributed by atoms with Crippen LogP contribution in [0.25, 0.3) is 0 Å². The zero-order chi connectivity index (χ0) is 10.0. The molecule has 70 valence electrons. The van der Waals surface area contributed by atoms with Crippen LogP contribution >= 0.6 is 23.2 Å². The van der Waals surface area contributed by atoms with E-state index in [0.29, 0.717) is 0 Å². The van der Waals surface area contributed by atoms with Gasteiger partial charge in [0, 0.05) is 0 Å². The van der Waals surface area contributed by atoms with Crippen molar-refractivity contribution in [3.8, 4) is 0 Å². The minimum atomic E-state index is -0.807. The van der Waals surface area contributed by atoms with E-state index in [-0.39, 0.29) is 22.2 Å². The topological polar surface area (TPSA) is 43.1 Å². The number of nitrogens with two attached hydrogens (primary N) is 1. The second kappa shape index (κ2) is 3.94. The minimum Gasteiger partial charge on any atom is -0.396 e. The van der Waals surface area contributed by atoms with Gasteiger partial charge >= 0.3 is 0 Å². The van der Waals surface area contributed by atoms with Crippen LogP contribution in [0.15, 0.2) is 12.1 Å².